The van der Waals surface area contributed by atoms with Crippen LogP contribution in [0.4, 0.5) is 0 Å². The lowest BCUT2D eigenvalue weighted by Gasteiger charge is -2.12. The highest BCUT2D eigenvalue weighted by molar-refractivity contribution is 5.38. The summed E-state index contributed by atoms with van der Waals surface area (Å²) in [6.07, 6.45) is 3.59. The van der Waals surface area contributed by atoms with Crippen LogP contribution < -0.4 is 9.47 Å². The van der Waals surface area contributed by atoms with Gasteiger partial charge in [0.2, 0.25) is 0 Å². The van der Waals surface area contributed by atoms with E-state index in [4.69, 9.17) is 9.47 Å². The zero-order valence-corrected chi connectivity index (χ0v) is 10.7. The van der Waals surface area contributed by atoms with E-state index < -0.39 is 0 Å². The minimum atomic E-state index is 0.710. The molecule has 16 heavy (non-hydrogen) atoms. The van der Waals surface area contributed by atoms with Gasteiger partial charge in [0.1, 0.15) is 11.5 Å². The third-order valence-corrected chi connectivity index (χ3v) is 2.78. The predicted molar refractivity (Wildman–Crippen MR) is 67.3 cm³/mol. The molecule has 0 radical (unpaired) electrons. The van der Waals surface area contributed by atoms with E-state index in [1.54, 1.807) is 14.2 Å². The molecular weight excluding hydrogens is 200 g/mol. The second-order valence-corrected chi connectivity index (χ2v) is 4.32. The highest BCUT2D eigenvalue weighted by atomic mass is 16.5. The smallest absolute Gasteiger partial charge is 0.122 e. The molecule has 0 saturated heterocycles. The minimum Gasteiger partial charge on any atom is -0.497 e. The zero-order chi connectivity index (χ0) is 12.0. The Balaban J connectivity index is 2.78. The highest BCUT2D eigenvalue weighted by Crippen LogP contribution is 2.25. The summed E-state index contributed by atoms with van der Waals surface area (Å²) < 4.78 is 10.5. The van der Waals surface area contributed by atoms with Crippen LogP contribution in [0.2, 0.25) is 0 Å². The van der Waals surface area contributed by atoms with Crippen molar-refractivity contribution in [3.63, 3.8) is 0 Å². The van der Waals surface area contributed by atoms with Crippen molar-refractivity contribution in [2.24, 2.45) is 5.92 Å². The Bertz CT molecular complexity index is 298. The van der Waals surface area contributed by atoms with Gasteiger partial charge in [-0.2, -0.15) is 0 Å². The van der Waals surface area contributed by atoms with Crippen LogP contribution in [0.3, 0.4) is 0 Å². The molecule has 0 aliphatic rings. The maximum Gasteiger partial charge on any atom is 0.122 e. The number of methoxy groups -OCH3 is 2. The average molecular weight is 222 g/mol. The van der Waals surface area contributed by atoms with Crippen molar-refractivity contribution in [1.29, 1.82) is 0 Å². The van der Waals surface area contributed by atoms with Gasteiger partial charge >= 0.3 is 0 Å². The van der Waals surface area contributed by atoms with E-state index >= 15 is 0 Å². The van der Waals surface area contributed by atoms with Crippen molar-refractivity contribution in [1.82, 2.24) is 0 Å². The van der Waals surface area contributed by atoms with Crippen LogP contribution in [0.5, 0.6) is 11.5 Å². The second kappa shape index (κ2) is 6.41. The van der Waals surface area contributed by atoms with Gasteiger partial charge < -0.3 is 9.47 Å². The average Bonchev–Trinajstić information content (AvgIpc) is 2.28. The van der Waals surface area contributed by atoms with Crippen molar-refractivity contribution in [3.05, 3.63) is 23.8 Å². The van der Waals surface area contributed by atoms with Crippen LogP contribution in [0.15, 0.2) is 18.2 Å². The summed E-state index contributed by atoms with van der Waals surface area (Å²) in [5, 5.41) is 0. The lowest BCUT2D eigenvalue weighted by Crippen LogP contribution is -2.00. The summed E-state index contributed by atoms with van der Waals surface area (Å²) in [5.74, 6) is 2.46. The van der Waals surface area contributed by atoms with Crippen LogP contribution in [0, 0.1) is 5.92 Å². The number of hydrogen-bond donors (Lipinski definition) is 0. The van der Waals surface area contributed by atoms with Gasteiger partial charge in [-0.25, -0.2) is 0 Å². The van der Waals surface area contributed by atoms with Gasteiger partial charge in [0.05, 0.1) is 14.2 Å². The maximum absolute atomic E-state index is 5.26. The summed E-state index contributed by atoms with van der Waals surface area (Å²) in [5.41, 5.74) is 1.29. The van der Waals surface area contributed by atoms with E-state index in [1.165, 1.54) is 18.4 Å². The van der Waals surface area contributed by atoms with Crippen molar-refractivity contribution >= 4 is 0 Å². The first-order valence-corrected chi connectivity index (χ1v) is 5.91. The minimum absolute atomic E-state index is 0.710. The summed E-state index contributed by atoms with van der Waals surface area (Å²) in [6.45, 7) is 4.51. The SMILES string of the molecule is CCCC(C)Cc1cc(OC)cc(OC)c1. The molecule has 2 nitrogen and oxygen atoms in total. The van der Waals surface area contributed by atoms with Gasteiger partial charge in [0.15, 0.2) is 0 Å². The largest absolute Gasteiger partial charge is 0.497 e. The first-order valence-electron chi connectivity index (χ1n) is 5.91. The van der Waals surface area contributed by atoms with Crippen LogP contribution >= 0.6 is 0 Å². The van der Waals surface area contributed by atoms with Gasteiger partial charge in [-0.3, -0.25) is 0 Å². The van der Waals surface area contributed by atoms with Crippen molar-refractivity contribution in [3.8, 4) is 11.5 Å². The molecule has 0 spiro atoms. The lowest BCUT2D eigenvalue weighted by molar-refractivity contribution is 0.392. The Kier molecular flexibility index (Phi) is 5.17. The second-order valence-electron chi connectivity index (χ2n) is 4.32. The zero-order valence-electron chi connectivity index (χ0n) is 10.7. The van der Waals surface area contributed by atoms with Gasteiger partial charge in [-0.1, -0.05) is 26.7 Å². The number of benzene rings is 1. The third kappa shape index (κ3) is 3.76. The molecule has 1 atom stereocenters. The summed E-state index contributed by atoms with van der Waals surface area (Å²) in [6, 6.07) is 6.09. The molecule has 0 saturated carbocycles. The number of ether oxygens (including phenoxy) is 2. The quantitative estimate of drug-likeness (QED) is 0.731. The number of rotatable bonds is 6. The molecule has 1 rings (SSSR count). The fraction of sp³-hybridized carbons (Fsp3) is 0.571. The summed E-state index contributed by atoms with van der Waals surface area (Å²) >= 11 is 0. The predicted octanol–water partition coefficient (Wildman–Crippen LogP) is 3.68. The molecule has 0 amide bonds. The number of hydrogen-bond acceptors (Lipinski definition) is 2. The highest BCUT2D eigenvalue weighted by Gasteiger charge is 2.06. The molecular formula is C14H22O2. The first kappa shape index (κ1) is 12.9. The van der Waals surface area contributed by atoms with E-state index in [0.29, 0.717) is 5.92 Å². The maximum atomic E-state index is 5.26. The fourth-order valence-corrected chi connectivity index (χ4v) is 1.98. The lowest BCUT2D eigenvalue weighted by atomic mass is 9.97. The van der Waals surface area contributed by atoms with Crippen LogP contribution in [-0.2, 0) is 6.42 Å². The Hall–Kier alpha value is -1.18. The van der Waals surface area contributed by atoms with Crippen LogP contribution in [0.25, 0.3) is 0 Å². The molecule has 90 valence electrons. The van der Waals surface area contributed by atoms with Crippen LogP contribution in [0.1, 0.15) is 32.3 Å². The van der Waals surface area contributed by atoms with E-state index in [2.05, 4.69) is 26.0 Å². The molecule has 0 aliphatic carbocycles. The Morgan fingerprint density at radius 2 is 1.62 bits per heavy atom. The molecule has 0 bridgehead atoms. The summed E-state index contributed by atoms with van der Waals surface area (Å²) in [4.78, 5) is 0. The topological polar surface area (TPSA) is 18.5 Å². The van der Waals surface area contributed by atoms with Crippen molar-refractivity contribution in [2.45, 2.75) is 33.1 Å². The Labute approximate surface area is 98.6 Å². The Morgan fingerprint density at radius 3 is 2.06 bits per heavy atom. The molecule has 0 fully saturated rings. The standard InChI is InChI=1S/C14H22O2/c1-5-6-11(2)7-12-8-13(15-3)10-14(9-12)16-4/h8-11H,5-7H2,1-4H3. The van der Waals surface area contributed by atoms with E-state index in [0.717, 1.165) is 17.9 Å². The van der Waals surface area contributed by atoms with Crippen molar-refractivity contribution in [2.75, 3.05) is 14.2 Å². The van der Waals surface area contributed by atoms with E-state index in [1.807, 2.05) is 6.07 Å². The van der Waals surface area contributed by atoms with Gasteiger partial charge in [-0.05, 0) is 30.0 Å². The molecule has 1 unspecified atom stereocenters. The first-order chi connectivity index (χ1) is 7.69. The van der Waals surface area contributed by atoms with Gasteiger partial charge in [0, 0.05) is 6.07 Å². The van der Waals surface area contributed by atoms with Crippen molar-refractivity contribution < 1.29 is 9.47 Å². The van der Waals surface area contributed by atoms with E-state index in [9.17, 15) is 0 Å². The molecule has 0 aliphatic heterocycles. The van der Waals surface area contributed by atoms with Crippen LogP contribution in [-0.4, -0.2) is 14.2 Å². The monoisotopic (exact) mass is 222 g/mol. The third-order valence-electron chi connectivity index (χ3n) is 2.78. The fourth-order valence-electron chi connectivity index (χ4n) is 1.98. The molecule has 0 heterocycles. The molecule has 2 heteroatoms. The molecule has 1 aromatic rings. The molecule has 1 aromatic carbocycles. The Morgan fingerprint density at radius 1 is 1.06 bits per heavy atom. The van der Waals surface area contributed by atoms with Gasteiger partial charge in [-0.15, -0.1) is 0 Å². The summed E-state index contributed by atoms with van der Waals surface area (Å²) in [7, 11) is 3.38. The van der Waals surface area contributed by atoms with E-state index in [-0.39, 0.29) is 0 Å². The molecule has 0 N–H and O–H groups in total. The normalized spacial score (nSPS) is 12.2. The molecule has 0 aromatic heterocycles. The van der Waals surface area contributed by atoms with Gasteiger partial charge in [0.25, 0.3) is 0 Å².